The lowest BCUT2D eigenvalue weighted by molar-refractivity contribution is 0.305. The molecule has 0 aliphatic carbocycles. The van der Waals surface area contributed by atoms with E-state index in [9.17, 15) is 0 Å². The number of benzene rings is 3. The fraction of sp³-hybridized carbons (Fsp3) is 0.143. The van der Waals surface area contributed by atoms with Gasteiger partial charge in [0, 0.05) is 5.02 Å². The van der Waals surface area contributed by atoms with Crippen LogP contribution in [0.3, 0.4) is 0 Å². The molecule has 2 nitrogen and oxygen atoms in total. The van der Waals surface area contributed by atoms with Gasteiger partial charge in [-0.25, -0.2) is 0 Å². The number of nitrogens with one attached hydrogen (secondary N) is 1. The molecule has 3 aromatic carbocycles. The highest BCUT2D eigenvalue weighted by molar-refractivity contribution is 6.30. The molecule has 3 heteroatoms. The van der Waals surface area contributed by atoms with Crippen molar-refractivity contribution in [3.8, 4) is 5.75 Å². The van der Waals surface area contributed by atoms with Crippen LogP contribution in [0, 0.1) is 0 Å². The van der Waals surface area contributed by atoms with E-state index in [4.69, 9.17) is 16.3 Å². The Morgan fingerprint density at radius 1 is 0.875 bits per heavy atom. The Kier molecular flexibility index (Phi) is 5.52. The van der Waals surface area contributed by atoms with E-state index < -0.39 is 0 Å². The van der Waals surface area contributed by atoms with Crippen LogP contribution in [0.1, 0.15) is 22.7 Å². The highest BCUT2D eigenvalue weighted by Crippen LogP contribution is 2.26. The lowest BCUT2D eigenvalue weighted by Gasteiger charge is -2.18. The van der Waals surface area contributed by atoms with Gasteiger partial charge in [0.25, 0.3) is 0 Å². The average Bonchev–Trinajstić information content (AvgIpc) is 2.63. The lowest BCUT2D eigenvalue weighted by Crippen LogP contribution is -2.17. The van der Waals surface area contributed by atoms with Crippen molar-refractivity contribution in [1.29, 1.82) is 0 Å². The van der Waals surface area contributed by atoms with Gasteiger partial charge in [0.05, 0.1) is 6.04 Å². The van der Waals surface area contributed by atoms with Crippen LogP contribution >= 0.6 is 11.6 Å². The number of hydrogen-bond donors (Lipinski definition) is 1. The third-order valence-corrected chi connectivity index (χ3v) is 4.18. The molecule has 0 bridgehead atoms. The highest BCUT2D eigenvalue weighted by atomic mass is 35.5. The molecule has 1 unspecified atom stereocenters. The molecule has 24 heavy (non-hydrogen) atoms. The van der Waals surface area contributed by atoms with Crippen molar-refractivity contribution in [3.05, 3.63) is 101 Å². The van der Waals surface area contributed by atoms with Crippen molar-refractivity contribution < 1.29 is 4.74 Å². The van der Waals surface area contributed by atoms with Crippen LogP contribution in [0.15, 0.2) is 78.9 Å². The second-order valence-corrected chi connectivity index (χ2v) is 6.06. The normalized spacial score (nSPS) is 11.9. The summed E-state index contributed by atoms with van der Waals surface area (Å²) in [5.41, 5.74) is 3.48. The van der Waals surface area contributed by atoms with Crippen LogP contribution in [-0.2, 0) is 6.61 Å². The Hall–Kier alpha value is -2.29. The molecule has 0 saturated heterocycles. The Morgan fingerprint density at radius 2 is 1.62 bits per heavy atom. The molecule has 0 aromatic heterocycles. The second kappa shape index (κ2) is 8.00. The Bertz CT molecular complexity index is 771. The minimum Gasteiger partial charge on any atom is -0.489 e. The first-order valence-corrected chi connectivity index (χ1v) is 8.33. The van der Waals surface area contributed by atoms with E-state index in [1.807, 2.05) is 61.6 Å². The van der Waals surface area contributed by atoms with E-state index in [1.165, 1.54) is 5.56 Å². The van der Waals surface area contributed by atoms with E-state index in [-0.39, 0.29) is 6.04 Å². The minimum absolute atomic E-state index is 0.0996. The molecule has 3 rings (SSSR count). The molecular formula is C21H20ClNO. The molecular weight excluding hydrogens is 318 g/mol. The number of halogens is 1. The largest absolute Gasteiger partial charge is 0.489 e. The van der Waals surface area contributed by atoms with Crippen LogP contribution in [-0.4, -0.2) is 7.05 Å². The van der Waals surface area contributed by atoms with Crippen LogP contribution in [0.5, 0.6) is 5.75 Å². The van der Waals surface area contributed by atoms with Gasteiger partial charge < -0.3 is 10.1 Å². The monoisotopic (exact) mass is 337 g/mol. The van der Waals surface area contributed by atoms with E-state index in [1.54, 1.807) is 0 Å². The molecule has 0 fully saturated rings. The zero-order valence-corrected chi connectivity index (χ0v) is 14.3. The van der Waals surface area contributed by atoms with E-state index in [2.05, 4.69) is 29.6 Å². The fourth-order valence-corrected chi connectivity index (χ4v) is 2.83. The highest BCUT2D eigenvalue weighted by Gasteiger charge is 2.12. The topological polar surface area (TPSA) is 21.3 Å². The molecule has 0 aliphatic heterocycles. The summed E-state index contributed by atoms with van der Waals surface area (Å²) in [5.74, 6) is 0.866. The van der Waals surface area contributed by atoms with Crippen LogP contribution in [0.25, 0.3) is 0 Å². The summed E-state index contributed by atoms with van der Waals surface area (Å²) in [7, 11) is 1.96. The van der Waals surface area contributed by atoms with Gasteiger partial charge in [0.2, 0.25) is 0 Å². The Balaban J connectivity index is 1.77. The first-order chi connectivity index (χ1) is 11.8. The first-order valence-electron chi connectivity index (χ1n) is 7.95. The second-order valence-electron chi connectivity index (χ2n) is 5.62. The van der Waals surface area contributed by atoms with E-state index in [0.717, 1.165) is 21.9 Å². The van der Waals surface area contributed by atoms with Crippen molar-refractivity contribution in [3.63, 3.8) is 0 Å². The van der Waals surface area contributed by atoms with Gasteiger partial charge >= 0.3 is 0 Å². The summed E-state index contributed by atoms with van der Waals surface area (Å²) in [4.78, 5) is 0. The summed E-state index contributed by atoms with van der Waals surface area (Å²) in [6.07, 6.45) is 0. The predicted octanol–water partition coefficient (Wildman–Crippen LogP) is 5.23. The molecule has 1 N–H and O–H groups in total. The van der Waals surface area contributed by atoms with Crippen molar-refractivity contribution in [2.45, 2.75) is 12.6 Å². The zero-order chi connectivity index (χ0) is 16.8. The van der Waals surface area contributed by atoms with Gasteiger partial charge in [-0.15, -0.1) is 0 Å². The van der Waals surface area contributed by atoms with Gasteiger partial charge in [0.1, 0.15) is 12.4 Å². The standard InChI is InChI=1S/C21H20ClNO/c1-23-21(17-10-12-19(22)13-11-17)18-8-5-9-20(14-18)24-15-16-6-3-2-4-7-16/h2-14,21,23H,15H2,1H3. The summed E-state index contributed by atoms with van der Waals surface area (Å²) in [6.45, 7) is 0.565. The molecule has 3 aromatic rings. The summed E-state index contributed by atoms with van der Waals surface area (Å²) < 4.78 is 5.93. The zero-order valence-electron chi connectivity index (χ0n) is 13.6. The molecule has 122 valence electrons. The first kappa shape index (κ1) is 16.6. The van der Waals surface area contributed by atoms with Crippen LogP contribution in [0.4, 0.5) is 0 Å². The van der Waals surface area contributed by atoms with Gasteiger partial charge in [-0.3, -0.25) is 0 Å². The Morgan fingerprint density at radius 3 is 2.33 bits per heavy atom. The lowest BCUT2D eigenvalue weighted by atomic mass is 9.99. The molecule has 1 atom stereocenters. The number of rotatable bonds is 6. The third-order valence-electron chi connectivity index (χ3n) is 3.93. The van der Waals surface area contributed by atoms with E-state index >= 15 is 0 Å². The number of ether oxygens (including phenoxy) is 1. The number of hydrogen-bond acceptors (Lipinski definition) is 2. The summed E-state index contributed by atoms with van der Waals surface area (Å²) >= 11 is 5.99. The summed E-state index contributed by atoms with van der Waals surface area (Å²) in [5, 5.41) is 4.10. The van der Waals surface area contributed by atoms with Crippen molar-refractivity contribution in [2.24, 2.45) is 0 Å². The summed E-state index contributed by atoms with van der Waals surface area (Å²) in [6, 6.07) is 26.4. The minimum atomic E-state index is 0.0996. The predicted molar refractivity (Wildman–Crippen MR) is 99.6 cm³/mol. The van der Waals surface area contributed by atoms with Gasteiger partial charge in [-0.1, -0.05) is 66.2 Å². The maximum absolute atomic E-state index is 5.99. The van der Waals surface area contributed by atoms with E-state index in [0.29, 0.717) is 6.61 Å². The van der Waals surface area contributed by atoms with Crippen molar-refractivity contribution in [2.75, 3.05) is 7.05 Å². The van der Waals surface area contributed by atoms with Gasteiger partial charge in [0.15, 0.2) is 0 Å². The van der Waals surface area contributed by atoms with Gasteiger partial charge in [-0.05, 0) is 48.0 Å². The molecule has 0 radical (unpaired) electrons. The molecule has 0 spiro atoms. The van der Waals surface area contributed by atoms with Crippen molar-refractivity contribution in [1.82, 2.24) is 5.32 Å². The SMILES string of the molecule is CNC(c1ccc(Cl)cc1)c1cccc(OCc2ccccc2)c1. The fourth-order valence-electron chi connectivity index (χ4n) is 2.71. The smallest absolute Gasteiger partial charge is 0.120 e. The molecule has 0 aliphatic rings. The third kappa shape index (κ3) is 4.16. The van der Waals surface area contributed by atoms with Crippen LogP contribution in [0.2, 0.25) is 5.02 Å². The van der Waals surface area contributed by atoms with Crippen molar-refractivity contribution >= 4 is 11.6 Å². The van der Waals surface area contributed by atoms with Gasteiger partial charge in [-0.2, -0.15) is 0 Å². The maximum atomic E-state index is 5.99. The maximum Gasteiger partial charge on any atom is 0.120 e. The van der Waals surface area contributed by atoms with Crippen LogP contribution < -0.4 is 10.1 Å². The molecule has 0 heterocycles. The molecule has 0 saturated carbocycles. The quantitative estimate of drug-likeness (QED) is 0.665. The Labute approximate surface area is 148 Å². The molecule has 0 amide bonds. The average molecular weight is 338 g/mol.